The fourth-order valence-corrected chi connectivity index (χ4v) is 5.03. The number of rotatable bonds is 6. The number of carbonyl (C=O) groups is 1. The highest BCUT2D eigenvalue weighted by atomic mass is 79.9. The van der Waals surface area contributed by atoms with Crippen LogP contribution in [-0.4, -0.2) is 62.2 Å². The number of methoxy groups -OCH3 is 1. The van der Waals surface area contributed by atoms with Crippen molar-refractivity contribution < 1.29 is 18.7 Å². The lowest BCUT2D eigenvalue weighted by molar-refractivity contribution is 0.0353. The molecule has 1 saturated heterocycles. The summed E-state index contributed by atoms with van der Waals surface area (Å²) in [5, 5.41) is 0.457. The maximum atomic E-state index is 13.6. The third kappa shape index (κ3) is 4.18. The number of morpholine rings is 1. The fourth-order valence-electron chi connectivity index (χ4n) is 4.67. The molecule has 1 aromatic heterocycles. The van der Waals surface area contributed by atoms with E-state index in [-0.39, 0.29) is 17.1 Å². The van der Waals surface area contributed by atoms with E-state index in [1.165, 1.54) is 0 Å². The Kier molecular flexibility index (Phi) is 6.23. The summed E-state index contributed by atoms with van der Waals surface area (Å²) in [6.07, 6.45) is 0.791. The van der Waals surface area contributed by atoms with Crippen molar-refractivity contribution in [3.63, 3.8) is 0 Å². The fraction of sp³-hybridized carbons (Fsp3) is 0.360. The molecule has 2 aromatic carbocycles. The van der Waals surface area contributed by atoms with Crippen LogP contribution in [0.1, 0.15) is 34.1 Å². The van der Waals surface area contributed by atoms with Crippen molar-refractivity contribution in [1.29, 1.82) is 0 Å². The molecule has 0 bridgehead atoms. The highest BCUT2D eigenvalue weighted by Crippen LogP contribution is 2.39. The Labute approximate surface area is 200 Å². The molecule has 5 rings (SSSR count). The van der Waals surface area contributed by atoms with Gasteiger partial charge in [0.25, 0.3) is 5.91 Å². The number of hydrogen-bond acceptors (Lipinski definition) is 6. The Balaban J connectivity index is 1.55. The summed E-state index contributed by atoms with van der Waals surface area (Å²) < 4.78 is 17.6. The molecule has 0 aliphatic carbocycles. The van der Waals surface area contributed by atoms with Crippen LogP contribution in [0.2, 0.25) is 0 Å². The molecule has 0 saturated carbocycles. The van der Waals surface area contributed by atoms with Gasteiger partial charge in [0.2, 0.25) is 5.76 Å². The molecule has 33 heavy (non-hydrogen) atoms. The maximum absolute atomic E-state index is 13.6. The number of hydrogen-bond donors (Lipinski definition) is 0. The zero-order valence-electron chi connectivity index (χ0n) is 18.4. The van der Waals surface area contributed by atoms with E-state index in [0.717, 1.165) is 49.3 Å². The summed E-state index contributed by atoms with van der Waals surface area (Å²) in [6, 6.07) is 12.3. The quantitative estimate of drug-likeness (QED) is 0.499. The number of nitrogens with zero attached hydrogens (tertiary/aromatic N) is 2. The van der Waals surface area contributed by atoms with Crippen molar-refractivity contribution in [2.45, 2.75) is 12.5 Å². The first kappa shape index (κ1) is 22.1. The molecule has 0 radical (unpaired) electrons. The van der Waals surface area contributed by atoms with E-state index in [1.54, 1.807) is 30.2 Å². The second-order valence-corrected chi connectivity index (χ2v) is 9.22. The molecule has 172 valence electrons. The SMILES string of the molecule is COc1cccc([C@@H]2c3c(oc4ccc(Br)cc4c3=O)C(=O)N2CCCN2CCOCC2)c1. The van der Waals surface area contributed by atoms with Gasteiger partial charge in [-0.3, -0.25) is 14.5 Å². The van der Waals surface area contributed by atoms with Crippen molar-refractivity contribution >= 4 is 32.8 Å². The third-order valence-corrected chi connectivity index (χ3v) is 6.81. The molecule has 3 heterocycles. The zero-order valence-corrected chi connectivity index (χ0v) is 20.0. The molecule has 1 atom stereocenters. The van der Waals surface area contributed by atoms with Crippen molar-refractivity contribution in [1.82, 2.24) is 9.80 Å². The van der Waals surface area contributed by atoms with E-state index in [4.69, 9.17) is 13.9 Å². The van der Waals surface area contributed by atoms with Crippen LogP contribution in [0.4, 0.5) is 0 Å². The Bertz CT molecular complexity index is 1250. The van der Waals surface area contributed by atoms with Gasteiger partial charge in [-0.1, -0.05) is 28.1 Å². The molecule has 8 heteroatoms. The first-order valence-corrected chi connectivity index (χ1v) is 11.9. The minimum absolute atomic E-state index is 0.133. The zero-order chi connectivity index (χ0) is 22.9. The van der Waals surface area contributed by atoms with Gasteiger partial charge in [-0.05, 0) is 42.3 Å². The largest absolute Gasteiger partial charge is 0.497 e. The molecular weight excluding hydrogens is 488 g/mol. The predicted octanol–water partition coefficient (Wildman–Crippen LogP) is 3.83. The normalized spacial score (nSPS) is 18.7. The van der Waals surface area contributed by atoms with Gasteiger partial charge in [-0.25, -0.2) is 0 Å². The minimum Gasteiger partial charge on any atom is -0.497 e. The van der Waals surface area contributed by atoms with Crippen molar-refractivity contribution in [3.8, 4) is 5.75 Å². The van der Waals surface area contributed by atoms with Gasteiger partial charge in [0.05, 0.1) is 37.3 Å². The highest BCUT2D eigenvalue weighted by Gasteiger charge is 2.42. The molecule has 1 amide bonds. The molecule has 7 nitrogen and oxygen atoms in total. The van der Waals surface area contributed by atoms with Crippen LogP contribution in [-0.2, 0) is 4.74 Å². The average molecular weight is 513 g/mol. The van der Waals surface area contributed by atoms with E-state index in [2.05, 4.69) is 20.8 Å². The van der Waals surface area contributed by atoms with Crippen LogP contribution >= 0.6 is 15.9 Å². The molecule has 0 N–H and O–H groups in total. The minimum atomic E-state index is -0.521. The van der Waals surface area contributed by atoms with Crippen molar-refractivity contribution in [2.24, 2.45) is 0 Å². The lowest BCUT2D eigenvalue weighted by atomic mass is 9.98. The predicted molar refractivity (Wildman–Crippen MR) is 128 cm³/mol. The first-order chi connectivity index (χ1) is 16.1. The van der Waals surface area contributed by atoms with E-state index in [9.17, 15) is 9.59 Å². The topological polar surface area (TPSA) is 72.2 Å². The van der Waals surface area contributed by atoms with Gasteiger partial charge >= 0.3 is 0 Å². The van der Waals surface area contributed by atoms with Gasteiger partial charge in [0.15, 0.2) is 5.43 Å². The number of ether oxygens (including phenoxy) is 2. The van der Waals surface area contributed by atoms with Crippen LogP contribution in [0.25, 0.3) is 11.0 Å². The number of amides is 1. The van der Waals surface area contributed by atoms with E-state index in [0.29, 0.717) is 28.8 Å². The van der Waals surface area contributed by atoms with Crippen molar-refractivity contribution in [3.05, 3.63) is 74.0 Å². The summed E-state index contributed by atoms with van der Waals surface area (Å²) >= 11 is 3.43. The molecular formula is C25H25BrN2O5. The number of benzene rings is 2. The highest BCUT2D eigenvalue weighted by molar-refractivity contribution is 9.10. The van der Waals surface area contributed by atoms with Crippen LogP contribution in [0.3, 0.4) is 0 Å². The smallest absolute Gasteiger partial charge is 0.290 e. The van der Waals surface area contributed by atoms with Crippen LogP contribution < -0.4 is 10.2 Å². The summed E-state index contributed by atoms with van der Waals surface area (Å²) in [7, 11) is 1.60. The first-order valence-electron chi connectivity index (χ1n) is 11.1. The summed E-state index contributed by atoms with van der Waals surface area (Å²) in [4.78, 5) is 31.2. The van der Waals surface area contributed by atoms with E-state index in [1.807, 2.05) is 24.3 Å². The van der Waals surface area contributed by atoms with Gasteiger partial charge in [-0.2, -0.15) is 0 Å². The number of carbonyl (C=O) groups excluding carboxylic acids is 1. The van der Waals surface area contributed by atoms with E-state index < -0.39 is 6.04 Å². The Morgan fingerprint density at radius 2 is 1.91 bits per heavy atom. The van der Waals surface area contributed by atoms with Crippen LogP contribution in [0, 0.1) is 0 Å². The monoisotopic (exact) mass is 512 g/mol. The van der Waals surface area contributed by atoms with Crippen LogP contribution in [0.15, 0.2) is 56.1 Å². The molecule has 0 spiro atoms. The second kappa shape index (κ2) is 9.29. The Morgan fingerprint density at radius 1 is 1.09 bits per heavy atom. The van der Waals surface area contributed by atoms with Gasteiger partial charge in [0.1, 0.15) is 11.3 Å². The van der Waals surface area contributed by atoms with Crippen molar-refractivity contribution in [2.75, 3.05) is 46.5 Å². The van der Waals surface area contributed by atoms with Gasteiger partial charge in [-0.15, -0.1) is 0 Å². The summed E-state index contributed by atoms with van der Waals surface area (Å²) in [5.74, 6) is 0.560. The average Bonchev–Trinajstić information content (AvgIpc) is 3.12. The summed E-state index contributed by atoms with van der Waals surface area (Å²) in [6.45, 7) is 4.65. The molecule has 3 aromatic rings. The third-order valence-electron chi connectivity index (χ3n) is 6.31. The number of halogens is 1. The summed E-state index contributed by atoms with van der Waals surface area (Å²) in [5.41, 5.74) is 1.46. The maximum Gasteiger partial charge on any atom is 0.290 e. The molecule has 2 aliphatic heterocycles. The standard InChI is InChI=1S/C25H25BrN2O5/c1-31-18-5-2-4-16(14-18)22-21-23(29)19-15-17(26)6-7-20(19)33-24(21)25(30)28(22)9-3-8-27-10-12-32-13-11-27/h2,4-7,14-15,22H,3,8-13H2,1H3/t22-/m1/s1. The Hall–Kier alpha value is -2.68. The lowest BCUT2D eigenvalue weighted by Gasteiger charge is -2.29. The van der Waals surface area contributed by atoms with Crippen LogP contribution in [0.5, 0.6) is 5.75 Å². The van der Waals surface area contributed by atoms with Gasteiger partial charge < -0.3 is 18.8 Å². The molecule has 1 fully saturated rings. The Morgan fingerprint density at radius 3 is 2.70 bits per heavy atom. The molecule has 0 unspecified atom stereocenters. The number of fused-ring (bicyclic) bond motifs is 2. The second-order valence-electron chi connectivity index (χ2n) is 8.30. The lowest BCUT2D eigenvalue weighted by Crippen LogP contribution is -2.38. The van der Waals surface area contributed by atoms with Gasteiger partial charge in [0, 0.05) is 30.7 Å². The molecule has 2 aliphatic rings. The van der Waals surface area contributed by atoms with E-state index >= 15 is 0 Å².